The SMILES string of the molecule is CCCCCCCCCCCC(C)c1ccc[pH]1. The second-order valence-electron chi connectivity index (χ2n) is 5.64. The number of rotatable bonds is 11. The van der Waals surface area contributed by atoms with Crippen LogP contribution in [0.4, 0.5) is 0 Å². The van der Waals surface area contributed by atoms with Gasteiger partial charge in [0.05, 0.1) is 0 Å². The highest BCUT2D eigenvalue weighted by atomic mass is 31.0. The van der Waals surface area contributed by atoms with Gasteiger partial charge in [-0.25, -0.2) is 0 Å². The second kappa shape index (κ2) is 10.7. The zero-order valence-corrected chi connectivity index (χ0v) is 13.4. The third-order valence-electron chi connectivity index (χ3n) is 3.89. The first-order chi connectivity index (χ1) is 8.84. The van der Waals surface area contributed by atoms with E-state index in [1.807, 2.05) is 0 Å². The molecule has 1 rings (SSSR count). The molecule has 2 unspecified atom stereocenters. The lowest BCUT2D eigenvalue weighted by atomic mass is 10.0. The van der Waals surface area contributed by atoms with E-state index in [9.17, 15) is 0 Å². The van der Waals surface area contributed by atoms with E-state index < -0.39 is 0 Å². The Morgan fingerprint density at radius 2 is 1.56 bits per heavy atom. The average Bonchev–Trinajstić information content (AvgIpc) is 2.90. The highest BCUT2D eigenvalue weighted by Crippen LogP contribution is 2.28. The van der Waals surface area contributed by atoms with Crippen LogP contribution in [0.15, 0.2) is 17.9 Å². The molecule has 104 valence electrons. The Hall–Kier alpha value is -0.220. The van der Waals surface area contributed by atoms with Crippen LogP contribution in [0, 0.1) is 0 Å². The summed E-state index contributed by atoms with van der Waals surface area (Å²) < 4.78 is 0. The molecule has 0 saturated carbocycles. The number of hydrogen-bond acceptors (Lipinski definition) is 0. The van der Waals surface area contributed by atoms with Crippen molar-refractivity contribution in [1.29, 1.82) is 0 Å². The van der Waals surface area contributed by atoms with Crippen molar-refractivity contribution in [1.82, 2.24) is 0 Å². The third kappa shape index (κ3) is 7.27. The molecule has 1 aromatic rings. The van der Waals surface area contributed by atoms with Gasteiger partial charge in [-0.15, -0.1) is 8.19 Å². The Balaban J connectivity index is 1.87. The van der Waals surface area contributed by atoms with Gasteiger partial charge in [-0.2, -0.15) is 0 Å². The Bertz CT molecular complexity index is 263. The van der Waals surface area contributed by atoms with Crippen molar-refractivity contribution in [3.8, 4) is 0 Å². The summed E-state index contributed by atoms with van der Waals surface area (Å²) in [6, 6.07) is 4.55. The lowest BCUT2D eigenvalue weighted by Gasteiger charge is -2.09. The van der Waals surface area contributed by atoms with Crippen LogP contribution in [0.1, 0.15) is 89.3 Å². The molecule has 0 radical (unpaired) electrons. The molecule has 0 fully saturated rings. The van der Waals surface area contributed by atoms with E-state index in [4.69, 9.17) is 0 Å². The van der Waals surface area contributed by atoms with E-state index in [0.717, 1.165) is 14.1 Å². The van der Waals surface area contributed by atoms with Gasteiger partial charge >= 0.3 is 0 Å². The Labute approximate surface area is 116 Å². The first kappa shape index (κ1) is 15.8. The molecule has 0 aromatic carbocycles. The zero-order valence-electron chi connectivity index (χ0n) is 12.4. The van der Waals surface area contributed by atoms with Crippen LogP contribution < -0.4 is 0 Å². The van der Waals surface area contributed by atoms with E-state index in [0.29, 0.717) is 0 Å². The Morgan fingerprint density at radius 1 is 0.944 bits per heavy atom. The minimum absolute atomic E-state index is 0.822. The first-order valence-electron chi connectivity index (χ1n) is 7.98. The average molecular weight is 266 g/mol. The van der Waals surface area contributed by atoms with E-state index in [-0.39, 0.29) is 0 Å². The predicted octanol–water partition coefficient (Wildman–Crippen LogP) is 6.74. The van der Waals surface area contributed by atoms with Gasteiger partial charge in [0.15, 0.2) is 0 Å². The van der Waals surface area contributed by atoms with Gasteiger partial charge in [-0.1, -0.05) is 83.8 Å². The van der Waals surface area contributed by atoms with Crippen LogP contribution >= 0.6 is 8.19 Å². The third-order valence-corrected chi connectivity index (χ3v) is 5.25. The lowest BCUT2D eigenvalue weighted by molar-refractivity contribution is 0.540. The van der Waals surface area contributed by atoms with Gasteiger partial charge in [0.2, 0.25) is 0 Å². The highest BCUT2D eigenvalue weighted by Gasteiger charge is 2.04. The predicted molar refractivity (Wildman–Crippen MR) is 86.2 cm³/mol. The quantitative estimate of drug-likeness (QED) is 0.389. The van der Waals surface area contributed by atoms with Gasteiger partial charge in [0, 0.05) is 0 Å². The molecule has 0 bridgehead atoms. The number of hydrogen-bond donors (Lipinski definition) is 0. The van der Waals surface area contributed by atoms with Gasteiger partial charge < -0.3 is 0 Å². The molecule has 0 nitrogen and oxygen atoms in total. The summed E-state index contributed by atoms with van der Waals surface area (Å²) in [5.41, 5.74) is 0. The molecule has 0 aliphatic heterocycles. The zero-order chi connectivity index (χ0) is 13.1. The van der Waals surface area contributed by atoms with Crippen molar-refractivity contribution in [2.24, 2.45) is 0 Å². The molecule has 1 heteroatoms. The summed E-state index contributed by atoms with van der Waals surface area (Å²) in [5.74, 6) is 3.13. The maximum absolute atomic E-state index is 2.40. The standard InChI is InChI=1S/C17H31P/c1-3-4-5-6-7-8-9-10-11-13-16(2)17-14-12-15-18-17/h12,14-16,18H,3-11,13H2,1-2H3. The Kier molecular flexibility index (Phi) is 9.40. The van der Waals surface area contributed by atoms with Crippen molar-refractivity contribution < 1.29 is 0 Å². The van der Waals surface area contributed by atoms with Crippen molar-refractivity contribution in [3.05, 3.63) is 23.2 Å². The largest absolute Gasteiger partial charge is 0.136 e. The number of unbranched alkanes of at least 4 members (excludes halogenated alkanes) is 8. The van der Waals surface area contributed by atoms with E-state index in [2.05, 4.69) is 31.8 Å². The first-order valence-corrected chi connectivity index (χ1v) is 9.05. The molecule has 0 spiro atoms. The second-order valence-corrected chi connectivity index (χ2v) is 6.84. The van der Waals surface area contributed by atoms with E-state index in [1.165, 1.54) is 64.2 Å². The van der Waals surface area contributed by atoms with Gasteiger partial charge in [0.25, 0.3) is 0 Å². The van der Waals surface area contributed by atoms with E-state index >= 15 is 0 Å². The van der Waals surface area contributed by atoms with Gasteiger partial charge in [-0.3, -0.25) is 0 Å². The van der Waals surface area contributed by atoms with Gasteiger partial charge in [0.1, 0.15) is 0 Å². The minimum Gasteiger partial charge on any atom is -0.136 e. The van der Waals surface area contributed by atoms with Crippen LogP contribution in [-0.4, -0.2) is 0 Å². The van der Waals surface area contributed by atoms with Crippen LogP contribution in [0.25, 0.3) is 0 Å². The van der Waals surface area contributed by atoms with Crippen LogP contribution in [0.5, 0.6) is 0 Å². The topological polar surface area (TPSA) is 0 Å². The molecular weight excluding hydrogens is 235 g/mol. The lowest BCUT2D eigenvalue weighted by Crippen LogP contribution is -1.90. The van der Waals surface area contributed by atoms with Crippen LogP contribution in [-0.2, 0) is 0 Å². The summed E-state index contributed by atoms with van der Waals surface area (Å²) >= 11 is 0. The maximum atomic E-state index is 2.40. The Morgan fingerprint density at radius 3 is 2.11 bits per heavy atom. The normalized spacial score (nSPS) is 13.2. The minimum atomic E-state index is 0.822. The van der Waals surface area contributed by atoms with Crippen LogP contribution in [0.2, 0.25) is 0 Å². The molecule has 18 heavy (non-hydrogen) atoms. The fourth-order valence-electron chi connectivity index (χ4n) is 2.57. The van der Waals surface area contributed by atoms with Crippen LogP contribution in [0.3, 0.4) is 0 Å². The highest BCUT2D eigenvalue weighted by molar-refractivity contribution is 7.30. The molecule has 0 aliphatic rings. The van der Waals surface area contributed by atoms with Crippen molar-refractivity contribution in [2.45, 2.75) is 84.0 Å². The molecule has 1 heterocycles. The van der Waals surface area contributed by atoms with Crippen molar-refractivity contribution in [2.75, 3.05) is 0 Å². The molecular formula is C17H31P. The smallest absolute Gasteiger partial charge is 0.0155 e. The van der Waals surface area contributed by atoms with E-state index in [1.54, 1.807) is 5.30 Å². The van der Waals surface area contributed by atoms with Crippen molar-refractivity contribution in [3.63, 3.8) is 0 Å². The molecule has 0 amide bonds. The molecule has 2 atom stereocenters. The summed E-state index contributed by atoms with van der Waals surface area (Å²) in [5, 5.41) is 1.68. The monoisotopic (exact) mass is 266 g/mol. The fraction of sp³-hybridized carbons (Fsp3) is 0.765. The molecule has 0 aliphatic carbocycles. The molecule has 0 saturated heterocycles. The summed E-state index contributed by atoms with van der Waals surface area (Å²) in [6.45, 7) is 4.69. The van der Waals surface area contributed by atoms with Gasteiger partial charge in [-0.05, 0) is 23.4 Å². The fourth-order valence-corrected chi connectivity index (χ4v) is 3.57. The molecule has 0 N–H and O–H groups in total. The summed E-state index contributed by atoms with van der Waals surface area (Å²) in [7, 11) is 0.972. The maximum Gasteiger partial charge on any atom is -0.0155 e. The molecule has 1 aromatic heterocycles. The summed E-state index contributed by atoms with van der Waals surface area (Å²) in [4.78, 5) is 0. The van der Waals surface area contributed by atoms with Crippen molar-refractivity contribution >= 4 is 8.19 Å². The summed E-state index contributed by atoms with van der Waals surface area (Å²) in [6.07, 6.45) is 14.4.